The van der Waals surface area contributed by atoms with Crippen molar-refractivity contribution in [3.63, 3.8) is 0 Å². The number of ketones is 1. The van der Waals surface area contributed by atoms with Crippen LogP contribution in [0.3, 0.4) is 0 Å². The van der Waals surface area contributed by atoms with E-state index in [-0.39, 0.29) is 29.8 Å². The number of nitrogens with zero attached hydrogens (tertiary/aromatic N) is 2. The van der Waals surface area contributed by atoms with Crippen molar-refractivity contribution in [1.29, 1.82) is 0 Å². The van der Waals surface area contributed by atoms with Crippen LogP contribution in [0.4, 0.5) is 0 Å². The van der Waals surface area contributed by atoms with Gasteiger partial charge in [-0.15, -0.1) is 0 Å². The predicted molar refractivity (Wildman–Crippen MR) is 44.4 cm³/mol. The Morgan fingerprint density at radius 3 is 2.85 bits per heavy atom. The molecule has 0 saturated carbocycles. The van der Waals surface area contributed by atoms with Gasteiger partial charge in [-0.05, 0) is 0 Å². The van der Waals surface area contributed by atoms with Crippen LogP contribution in [0.1, 0.15) is 19.0 Å². The average molecular weight is 292 g/mol. The van der Waals surface area contributed by atoms with E-state index in [0.29, 0.717) is 12.8 Å². The van der Waals surface area contributed by atoms with E-state index in [0.717, 1.165) is 5.69 Å². The number of carbonyl (C=O) groups excluding carboxylic acids is 1. The van der Waals surface area contributed by atoms with Gasteiger partial charge in [0.1, 0.15) is 18.5 Å². The molecule has 0 amide bonds. The molecule has 4 heteroatoms. The molecule has 0 saturated heterocycles. The lowest BCUT2D eigenvalue weighted by Crippen LogP contribution is -3.00. The van der Waals surface area contributed by atoms with Crippen molar-refractivity contribution in [1.82, 2.24) is 4.98 Å². The summed E-state index contributed by atoms with van der Waals surface area (Å²) < 4.78 is 1.89. The van der Waals surface area contributed by atoms with Gasteiger partial charge >= 0.3 is 0 Å². The van der Waals surface area contributed by atoms with Crippen LogP contribution in [0.5, 0.6) is 0 Å². The van der Waals surface area contributed by atoms with Crippen molar-refractivity contribution in [3.8, 4) is 0 Å². The van der Waals surface area contributed by atoms with E-state index >= 15 is 0 Å². The molecule has 1 aromatic heterocycles. The summed E-state index contributed by atoms with van der Waals surface area (Å²) in [5, 5.41) is 0. The van der Waals surface area contributed by atoms with Gasteiger partial charge in [0.05, 0.1) is 12.6 Å². The zero-order valence-electron chi connectivity index (χ0n) is 7.83. The molecule has 0 radical (unpaired) electrons. The molecule has 0 fully saturated rings. The first-order chi connectivity index (χ1) is 5.72. The van der Waals surface area contributed by atoms with E-state index < -0.39 is 0 Å². The van der Waals surface area contributed by atoms with Gasteiger partial charge in [0.25, 0.3) is 0 Å². The van der Waals surface area contributed by atoms with E-state index in [2.05, 4.69) is 4.98 Å². The second kappa shape index (κ2) is 6.01. The van der Waals surface area contributed by atoms with Crippen LogP contribution in [-0.2, 0) is 18.3 Å². The minimum atomic E-state index is 0. The molecule has 0 aliphatic rings. The summed E-state index contributed by atoms with van der Waals surface area (Å²) >= 11 is 0. The van der Waals surface area contributed by atoms with Gasteiger partial charge in [-0.3, -0.25) is 4.79 Å². The predicted octanol–water partition coefficient (Wildman–Crippen LogP) is -2.57. The minimum absolute atomic E-state index is 0. The highest BCUT2D eigenvalue weighted by Crippen LogP contribution is 1.93. The molecule has 3 nitrogen and oxygen atoms in total. The molecule has 0 atom stereocenters. The van der Waals surface area contributed by atoms with Gasteiger partial charge in [0.15, 0.2) is 12.4 Å². The molecular formula is C9H13IN2O. The molecule has 0 spiro atoms. The van der Waals surface area contributed by atoms with Crippen LogP contribution in [0, 0.1) is 0 Å². The number of rotatable bonds is 3. The van der Waals surface area contributed by atoms with Crippen molar-refractivity contribution >= 4 is 5.78 Å². The van der Waals surface area contributed by atoms with Crippen molar-refractivity contribution in [2.24, 2.45) is 7.05 Å². The molecule has 0 aliphatic heterocycles. The Kier molecular flexibility index (Phi) is 5.77. The molecular weight excluding hydrogens is 279 g/mol. The molecule has 13 heavy (non-hydrogen) atoms. The smallest absolute Gasteiger partial charge is 0.190 e. The van der Waals surface area contributed by atoms with Gasteiger partial charge in [-0.1, -0.05) is 6.92 Å². The van der Waals surface area contributed by atoms with Crippen LogP contribution in [0.15, 0.2) is 18.6 Å². The summed E-state index contributed by atoms with van der Waals surface area (Å²) in [4.78, 5) is 15.1. The zero-order chi connectivity index (χ0) is 8.97. The first-order valence-corrected chi connectivity index (χ1v) is 4.04. The number of halogens is 1. The summed E-state index contributed by atoms with van der Waals surface area (Å²) in [5.41, 5.74) is 0.840. The highest BCUT2D eigenvalue weighted by molar-refractivity contribution is 5.79. The summed E-state index contributed by atoms with van der Waals surface area (Å²) in [5.74, 6) is 0.230. The van der Waals surface area contributed by atoms with Crippen LogP contribution in [0.25, 0.3) is 0 Å². The Bertz CT molecular complexity index is 289. The quantitative estimate of drug-likeness (QED) is 0.453. The molecule has 0 bridgehead atoms. The van der Waals surface area contributed by atoms with Crippen LogP contribution in [-0.4, -0.2) is 10.8 Å². The van der Waals surface area contributed by atoms with E-state index in [1.165, 1.54) is 0 Å². The number of hydrogen-bond donors (Lipinski definition) is 0. The second-order valence-corrected chi connectivity index (χ2v) is 2.78. The average Bonchev–Trinajstić information content (AvgIpc) is 2.04. The molecule has 72 valence electrons. The van der Waals surface area contributed by atoms with E-state index in [4.69, 9.17) is 0 Å². The molecule has 0 unspecified atom stereocenters. The van der Waals surface area contributed by atoms with Gasteiger partial charge in [-0.2, -0.15) is 0 Å². The van der Waals surface area contributed by atoms with Crippen molar-refractivity contribution in [2.45, 2.75) is 19.8 Å². The Morgan fingerprint density at radius 2 is 2.31 bits per heavy atom. The highest BCUT2D eigenvalue weighted by Gasteiger charge is 2.04. The van der Waals surface area contributed by atoms with Crippen molar-refractivity contribution < 1.29 is 33.3 Å². The molecule has 1 rings (SSSR count). The third kappa shape index (κ3) is 4.31. The second-order valence-electron chi connectivity index (χ2n) is 2.78. The third-order valence-corrected chi connectivity index (χ3v) is 1.67. The monoisotopic (exact) mass is 292 g/mol. The molecule has 1 aromatic rings. The summed E-state index contributed by atoms with van der Waals surface area (Å²) in [6.07, 6.45) is 6.46. The van der Waals surface area contributed by atoms with Crippen LogP contribution >= 0.6 is 0 Å². The molecule has 0 N–H and O–H groups in total. The summed E-state index contributed by atoms with van der Waals surface area (Å²) in [6, 6.07) is 0. The fourth-order valence-corrected chi connectivity index (χ4v) is 0.964. The maximum atomic E-state index is 11.0. The van der Waals surface area contributed by atoms with Crippen molar-refractivity contribution in [2.75, 3.05) is 0 Å². The lowest BCUT2D eigenvalue weighted by molar-refractivity contribution is -0.672. The highest BCUT2D eigenvalue weighted by atomic mass is 127. The van der Waals surface area contributed by atoms with Crippen molar-refractivity contribution in [3.05, 3.63) is 24.3 Å². The number of Topliss-reactive ketones (excluding diaryl/α,β-unsaturated/α-hetero) is 1. The fraction of sp³-hybridized carbons (Fsp3) is 0.444. The zero-order valence-corrected chi connectivity index (χ0v) is 9.98. The third-order valence-electron chi connectivity index (χ3n) is 1.67. The summed E-state index contributed by atoms with van der Waals surface area (Å²) in [6.45, 7) is 1.87. The fourth-order valence-electron chi connectivity index (χ4n) is 0.964. The topological polar surface area (TPSA) is 33.8 Å². The first-order valence-electron chi connectivity index (χ1n) is 4.04. The lowest BCUT2D eigenvalue weighted by atomic mass is 10.2. The van der Waals surface area contributed by atoms with E-state index in [1.54, 1.807) is 6.20 Å². The molecule has 1 heterocycles. The molecule has 0 aliphatic carbocycles. The van der Waals surface area contributed by atoms with Crippen LogP contribution in [0.2, 0.25) is 0 Å². The van der Waals surface area contributed by atoms with Gasteiger partial charge in [-0.25, -0.2) is 9.55 Å². The standard InChI is InChI=1S/C9H13N2O.HI/c1-3-9(12)6-8-7-11(2)5-4-10-8;/h4-5,7H,3,6H2,1-2H3;1H/q+1;/p-1. The maximum absolute atomic E-state index is 11.0. The van der Waals surface area contributed by atoms with Gasteiger partial charge in [0, 0.05) is 6.42 Å². The Morgan fingerprint density at radius 1 is 1.62 bits per heavy atom. The summed E-state index contributed by atoms with van der Waals surface area (Å²) in [7, 11) is 1.92. The number of hydrogen-bond acceptors (Lipinski definition) is 2. The largest absolute Gasteiger partial charge is 1.00 e. The van der Waals surface area contributed by atoms with E-state index in [1.807, 2.05) is 30.9 Å². The Hall–Kier alpha value is -0.520. The number of aromatic nitrogens is 2. The Labute approximate surface area is 95.2 Å². The van der Waals surface area contributed by atoms with E-state index in [9.17, 15) is 4.79 Å². The SMILES string of the molecule is CCC(=O)Cc1c[n+](C)ccn1.[I-]. The number of aryl methyl sites for hydroxylation is 1. The number of carbonyl (C=O) groups is 1. The lowest BCUT2D eigenvalue weighted by Gasteiger charge is -1.94. The van der Waals surface area contributed by atoms with Gasteiger partial charge < -0.3 is 24.0 Å². The minimum Gasteiger partial charge on any atom is -1.00 e. The normalized spacial score (nSPS) is 9.08. The Balaban J connectivity index is 0.00000144. The van der Waals surface area contributed by atoms with Gasteiger partial charge in [0.2, 0.25) is 0 Å². The maximum Gasteiger partial charge on any atom is 0.190 e. The van der Waals surface area contributed by atoms with Crippen LogP contribution < -0.4 is 28.5 Å². The molecule has 0 aromatic carbocycles. The first kappa shape index (κ1) is 12.5.